The Morgan fingerprint density at radius 3 is 2.46 bits per heavy atom. The van der Waals surface area contributed by atoms with Crippen molar-refractivity contribution < 1.29 is 17.6 Å². The molecule has 0 aliphatic carbocycles. The summed E-state index contributed by atoms with van der Waals surface area (Å²) in [6.07, 6.45) is 0. The van der Waals surface area contributed by atoms with E-state index in [1.54, 1.807) is 0 Å². The molecule has 0 bridgehead atoms. The van der Waals surface area contributed by atoms with Crippen LogP contribution < -0.4 is 10.0 Å². The molecule has 130 valence electrons. The van der Waals surface area contributed by atoms with Crippen LogP contribution in [0.3, 0.4) is 0 Å². The number of sulfonamides is 1. The maximum atomic E-state index is 13.9. The lowest BCUT2D eigenvalue weighted by Crippen LogP contribution is -2.20. The van der Waals surface area contributed by atoms with Gasteiger partial charge in [0, 0.05) is 5.41 Å². The van der Waals surface area contributed by atoms with Crippen LogP contribution in [-0.2, 0) is 15.4 Å². The number of anilines is 1. The first-order chi connectivity index (χ1) is 11.0. The first-order valence-electron chi connectivity index (χ1n) is 6.93. The number of carbonyl (C=O) groups excluding carboxylic acids is 1. The van der Waals surface area contributed by atoms with E-state index in [1.165, 1.54) is 18.4 Å². The number of benzene rings is 1. The molecule has 0 radical (unpaired) electrons. The van der Waals surface area contributed by atoms with Crippen LogP contribution in [0.5, 0.6) is 0 Å². The van der Waals surface area contributed by atoms with Gasteiger partial charge in [0.15, 0.2) is 0 Å². The number of hydrogen-bond donors (Lipinski definition) is 2. The van der Waals surface area contributed by atoms with Gasteiger partial charge in [-0.25, -0.2) is 17.5 Å². The summed E-state index contributed by atoms with van der Waals surface area (Å²) in [6, 6.07) is 2.99. The summed E-state index contributed by atoms with van der Waals surface area (Å²) in [5, 5.41) is 11.2. The normalized spacial score (nSPS) is 12.2. The molecule has 0 fully saturated rings. The Bertz CT molecular complexity index is 872. The molecule has 0 unspecified atom stereocenters. The zero-order valence-electron chi connectivity index (χ0n) is 13.5. The van der Waals surface area contributed by atoms with Gasteiger partial charge in [0.2, 0.25) is 15.2 Å². The summed E-state index contributed by atoms with van der Waals surface area (Å²) < 4.78 is 39.6. The molecule has 0 aliphatic rings. The molecule has 1 amide bonds. The van der Waals surface area contributed by atoms with Gasteiger partial charge in [-0.05, 0) is 25.2 Å². The standard InChI is InChI=1S/C14H17FN4O3S2/c1-14(2,3)12-18-19-13(23-12)17-11(20)9-7-8(5-6-10(9)15)24(21,22)16-4/h5-7,16H,1-4H3,(H,17,19,20). The quantitative estimate of drug-likeness (QED) is 0.856. The van der Waals surface area contributed by atoms with Crippen LogP contribution in [0.2, 0.25) is 0 Å². The molecular weight excluding hydrogens is 355 g/mol. The van der Waals surface area contributed by atoms with Crippen LogP contribution in [0.25, 0.3) is 0 Å². The molecule has 0 saturated heterocycles. The number of halogens is 1. The first-order valence-corrected chi connectivity index (χ1v) is 9.23. The van der Waals surface area contributed by atoms with Gasteiger partial charge in [-0.3, -0.25) is 10.1 Å². The molecule has 0 aliphatic heterocycles. The number of carbonyl (C=O) groups is 1. The lowest BCUT2D eigenvalue weighted by Gasteiger charge is -2.12. The van der Waals surface area contributed by atoms with Crippen LogP contribution >= 0.6 is 11.3 Å². The van der Waals surface area contributed by atoms with Crippen molar-refractivity contribution in [1.82, 2.24) is 14.9 Å². The summed E-state index contributed by atoms with van der Waals surface area (Å²) >= 11 is 1.18. The van der Waals surface area contributed by atoms with Gasteiger partial charge >= 0.3 is 0 Å². The van der Waals surface area contributed by atoms with Crippen molar-refractivity contribution in [2.24, 2.45) is 0 Å². The molecule has 7 nitrogen and oxygen atoms in total. The first kappa shape index (κ1) is 18.4. The molecule has 1 heterocycles. The van der Waals surface area contributed by atoms with Crippen LogP contribution in [0.4, 0.5) is 9.52 Å². The number of rotatable bonds is 4. The fourth-order valence-electron chi connectivity index (χ4n) is 1.70. The molecule has 0 spiro atoms. The minimum atomic E-state index is -3.78. The highest BCUT2D eigenvalue weighted by Gasteiger charge is 2.22. The van der Waals surface area contributed by atoms with E-state index in [2.05, 4.69) is 20.2 Å². The lowest BCUT2D eigenvalue weighted by molar-refractivity contribution is 0.102. The highest BCUT2D eigenvalue weighted by atomic mass is 32.2. The van der Waals surface area contributed by atoms with E-state index in [0.29, 0.717) is 5.01 Å². The molecule has 2 N–H and O–H groups in total. The SMILES string of the molecule is CNS(=O)(=O)c1ccc(F)c(C(=O)Nc2nnc(C(C)(C)C)s2)c1. The second kappa shape index (κ2) is 6.54. The second-order valence-corrected chi connectivity index (χ2v) is 8.83. The van der Waals surface area contributed by atoms with Crippen LogP contribution in [-0.4, -0.2) is 31.6 Å². The van der Waals surface area contributed by atoms with Gasteiger partial charge in [0.1, 0.15) is 10.8 Å². The third-order valence-corrected chi connectivity index (χ3v) is 5.72. The van der Waals surface area contributed by atoms with Crippen LogP contribution in [0.1, 0.15) is 36.1 Å². The van der Waals surface area contributed by atoms with E-state index in [4.69, 9.17) is 0 Å². The molecule has 1 aromatic carbocycles. The molecule has 2 aromatic rings. The van der Waals surface area contributed by atoms with Gasteiger partial charge in [-0.1, -0.05) is 32.1 Å². The Labute approximate surface area is 143 Å². The number of nitrogens with one attached hydrogen (secondary N) is 2. The largest absolute Gasteiger partial charge is 0.296 e. The van der Waals surface area contributed by atoms with Crippen molar-refractivity contribution in [3.63, 3.8) is 0 Å². The fourth-order valence-corrected chi connectivity index (χ4v) is 3.26. The topological polar surface area (TPSA) is 101 Å². The van der Waals surface area contributed by atoms with Crippen molar-refractivity contribution in [3.8, 4) is 0 Å². The van der Waals surface area contributed by atoms with Gasteiger partial charge in [-0.2, -0.15) is 0 Å². The Balaban J connectivity index is 2.30. The van der Waals surface area contributed by atoms with Crippen molar-refractivity contribution >= 4 is 32.4 Å². The smallest absolute Gasteiger partial charge is 0.260 e. The highest BCUT2D eigenvalue weighted by Crippen LogP contribution is 2.28. The minimum Gasteiger partial charge on any atom is -0.296 e. The van der Waals surface area contributed by atoms with Crippen molar-refractivity contribution in [2.75, 3.05) is 12.4 Å². The van der Waals surface area contributed by atoms with Crippen molar-refractivity contribution in [3.05, 3.63) is 34.6 Å². The summed E-state index contributed by atoms with van der Waals surface area (Å²) in [7, 11) is -2.55. The zero-order chi connectivity index (χ0) is 18.1. The average molecular weight is 372 g/mol. The number of hydrogen-bond acceptors (Lipinski definition) is 6. The lowest BCUT2D eigenvalue weighted by atomic mass is 9.98. The van der Waals surface area contributed by atoms with Gasteiger partial charge < -0.3 is 0 Å². The van der Waals surface area contributed by atoms with Crippen LogP contribution in [0.15, 0.2) is 23.1 Å². The van der Waals surface area contributed by atoms with Crippen molar-refractivity contribution in [2.45, 2.75) is 31.1 Å². The van der Waals surface area contributed by atoms with Gasteiger partial charge in [-0.15, -0.1) is 10.2 Å². The Hall–Kier alpha value is -1.91. The van der Waals surface area contributed by atoms with E-state index in [-0.39, 0.29) is 21.0 Å². The minimum absolute atomic E-state index is 0.204. The molecule has 24 heavy (non-hydrogen) atoms. The number of amides is 1. The molecule has 0 saturated carbocycles. The van der Waals surface area contributed by atoms with E-state index in [1.807, 2.05) is 20.8 Å². The summed E-state index contributed by atoms with van der Waals surface area (Å²) in [4.78, 5) is 12.0. The molecule has 0 atom stereocenters. The maximum Gasteiger partial charge on any atom is 0.260 e. The summed E-state index contributed by atoms with van der Waals surface area (Å²) in [5.74, 6) is -1.62. The maximum absolute atomic E-state index is 13.9. The van der Waals surface area contributed by atoms with E-state index in [0.717, 1.165) is 18.2 Å². The Morgan fingerprint density at radius 1 is 1.25 bits per heavy atom. The van der Waals surface area contributed by atoms with Crippen molar-refractivity contribution in [1.29, 1.82) is 0 Å². The number of aromatic nitrogens is 2. The predicted molar refractivity (Wildman–Crippen MR) is 89.2 cm³/mol. The summed E-state index contributed by atoms with van der Waals surface area (Å²) in [5.41, 5.74) is -0.619. The molecule has 1 aromatic heterocycles. The van der Waals surface area contributed by atoms with Gasteiger partial charge in [0.25, 0.3) is 5.91 Å². The number of nitrogens with zero attached hydrogens (tertiary/aromatic N) is 2. The van der Waals surface area contributed by atoms with E-state index in [9.17, 15) is 17.6 Å². The predicted octanol–water partition coefficient (Wildman–Crippen LogP) is 2.14. The zero-order valence-corrected chi connectivity index (χ0v) is 15.2. The van der Waals surface area contributed by atoms with Crippen LogP contribution in [0, 0.1) is 5.82 Å². The van der Waals surface area contributed by atoms with Gasteiger partial charge in [0.05, 0.1) is 10.5 Å². The Kier molecular flexibility index (Phi) is 5.02. The Morgan fingerprint density at radius 2 is 1.92 bits per heavy atom. The monoisotopic (exact) mass is 372 g/mol. The molecule has 10 heteroatoms. The van der Waals surface area contributed by atoms with E-state index < -0.39 is 21.7 Å². The van der Waals surface area contributed by atoms with E-state index >= 15 is 0 Å². The second-order valence-electron chi connectivity index (χ2n) is 5.97. The third-order valence-electron chi connectivity index (χ3n) is 3.05. The summed E-state index contributed by atoms with van der Waals surface area (Å²) in [6.45, 7) is 5.85. The average Bonchev–Trinajstić information content (AvgIpc) is 2.96. The fraction of sp³-hybridized carbons (Fsp3) is 0.357. The molecule has 2 rings (SSSR count). The molecular formula is C14H17FN4O3S2. The third kappa shape index (κ3) is 3.94. The highest BCUT2D eigenvalue weighted by molar-refractivity contribution is 7.89.